The van der Waals surface area contributed by atoms with Gasteiger partial charge in [-0.05, 0) is 25.3 Å². The molecule has 1 saturated heterocycles. The summed E-state index contributed by atoms with van der Waals surface area (Å²) in [6, 6.07) is 7.83. The lowest BCUT2D eigenvalue weighted by Crippen LogP contribution is -2.20. The predicted molar refractivity (Wildman–Crippen MR) is 76.8 cm³/mol. The molecule has 2 heterocycles. The van der Waals surface area contributed by atoms with Gasteiger partial charge in [-0.25, -0.2) is 4.68 Å². The Morgan fingerprint density at radius 2 is 2.16 bits per heavy atom. The monoisotopic (exact) mass is 280 g/mol. The van der Waals surface area contributed by atoms with Crippen LogP contribution in [0.2, 0.25) is 0 Å². The number of halogens is 1. The minimum atomic E-state index is -0.0308. The van der Waals surface area contributed by atoms with Gasteiger partial charge in [0.15, 0.2) is 6.23 Å². The number of hydrogen-bond acceptors (Lipinski definition) is 3. The molecule has 3 rings (SSSR count). The number of nitrogen functional groups attached to an aromatic ring is 1. The molecule has 0 spiro atoms. The number of ether oxygens (including phenoxy) is 1. The molecule has 1 aromatic heterocycles. The highest BCUT2D eigenvalue weighted by atomic mass is 35.5. The first-order chi connectivity index (χ1) is 8.77. The van der Waals surface area contributed by atoms with E-state index >= 15 is 0 Å². The summed E-state index contributed by atoms with van der Waals surface area (Å²) in [5.41, 5.74) is 7.11. The molecule has 0 bridgehead atoms. The normalized spacial score (nSPS) is 19.1. The van der Waals surface area contributed by atoms with Crippen molar-refractivity contribution in [1.82, 2.24) is 9.78 Å². The standard InChI is InChI=1S/C13H16N4O.ClH/c14-13(15)12-9-5-1-2-6-10(9)17(16-12)11-7-3-4-8-18-11;/h1-2,5-6,11H,3-4,7-8H2,(H3,14,15);1H. The summed E-state index contributed by atoms with van der Waals surface area (Å²) in [7, 11) is 0. The summed E-state index contributed by atoms with van der Waals surface area (Å²) >= 11 is 0. The Bertz CT molecular complexity index is 589. The second-order valence-corrected chi connectivity index (χ2v) is 4.55. The van der Waals surface area contributed by atoms with Crippen molar-refractivity contribution in [1.29, 1.82) is 5.41 Å². The van der Waals surface area contributed by atoms with Gasteiger partial charge in [-0.3, -0.25) is 5.41 Å². The van der Waals surface area contributed by atoms with Gasteiger partial charge < -0.3 is 10.5 Å². The first-order valence-corrected chi connectivity index (χ1v) is 6.20. The summed E-state index contributed by atoms with van der Waals surface area (Å²) in [5.74, 6) is 0.000703. The quantitative estimate of drug-likeness (QED) is 0.655. The van der Waals surface area contributed by atoms with Crippen LogP contribution >= 0.6 is 12.4 Å². The lowest BCUT2D eigenvalue weighted by atomic mass is 10.1. The fourth-order valence-electron chi connectivity index (χ4n) is 2.42. The van der Waals surface area contributed by atoms with Crippen LogP contribution in [0.25, 0.3) is 10.9 Å². The molecule has 1 aromatic carbocycles. The number of nitrogens with zero attached hydrogens (tertiary/aromatic N) is 2. The first-order valence-electron chi connectivity index (χ1n) is 6.20. The van der Waals surface area contributed by atoms with Gasteiger partial charge in [0.1, 0.15) is 11.5 Å². The van der Waals surface area contributed by atoms with Crippen LogP contribution in [0, 0.1) is 5.41 Å². The van der Waals surface area contributed by atoms with Crippen LogP contribution in [0.5, 0.6) is 0 Å². The lowest BCUT2D eigenvalue weighted by molar-refractivity contribution is -0.0367. The van der Waals surface area contributed by atoms with Crippen LogP contribution in [-0.4, -0.2) is 22.2 Å². The van der Waals surface area contributed by atoms with Crippen LogP contribution in [0.4, 0.5) is 0 Å². The third-order valence-corrected chi connectivity index (χ3v) is 3.30. The third-order valence-electron chi connectivity index (χ3n) is 3.30. The second-order valence-electron chi connectivity index (χ2n) is 4.55. The van der Waals surface area contributed by atoms with Crippen molar-refractivity contribution in [3.8, 4) is 0 Å². The number of amidine groups is 1. The molecule has 6 heteroatoms. The van der Waals surface area contributed by atoms with Gasteiger partial charge >= 0.3 is 0 Å². The fraction of sp³-hybridized carbons (Fsp3) is 0.385. The zero-order chi connectivity index (χ0) is 12.5. The molecule has 1 unspecified atom stereocenters. The molecule has 1 atom stereocenters. The Balaban J connectivity index is 0.00000133. The Morgan fingerprint density at radius 1 is 1.37 bits per heavy atom. The second kappa shape index (κ2) is 5.59. The molecule has 5 nitrogen and oxygen atoms in total. The Labute approximate surface area is 117 Å². The van der Waals surface area contributed by atoms with E-state index in [4.69, 9.17) is 15.9 Å². The van der Waals surface area contributed by atoms with Gasteiger partial charge in [0.2, 0.25) is 0 Å². The number of hydrogen-bond donors (Lipinski definition) is 2. The van der Waals surface area contributed by atoms with E-state index in [9.17, 15) is 0 Å². The molecular formula is C13H17ClN4O. The highest BCUT2D eigenvalue weighted by Crippen LogP contribution is 2.27. The van der Waals surface area contributed by atoms with Crippen molar-refractivity contribution in [3.63, 3.8) is 0 Å². The molecule has 0 amide bonds. The van der Waals surface area contributed by atoms with E-state index in [0.29, 0.717) is 5.69 Å². The van der Waals surface area contributed by atoms with Gasteiger partial charge in [0.25, 0.3) is 0 Å². The maximum Gasteiger partial charge on any atom is 0.150 e. The lowest BCUT2D eigenvalue weighted by Gasteiger charge is -2.23. The topological polar surface area (TPSA) is 76.9 Å². The van der Waals surface area contributed by atoms with Crippen molar-refractivity contribution >= 4 is 29.1 Å². The van der Waals surface area contributed by atoms with Crippen LogP contribution in [0.3, 0.4) is 0 Å². The largest absolute Gasteiger partial charge is 0.382 e. The van der Waals surface area contributed by atoms with Crippen LogP contribution in [0.1, 0.15) is 31.2 Å². The van der Waals surface area contributed by atoms with Gasteiger partial charge in [0.05, 0.1) is 5.52 Å². The van der Waals surface area contributed by atoms with E-state index in [1.165, 1.54) is 0 Å². The summed E-state index contributed by atoms with van der Waals surface area (Å²) in [5, 5.41) is 13.0. The molecule has 0 saturated carbocycles. The maximum absolute atomic E-state index is 7.61. The minimum absolute atomic E-state index is 0. The molecule has 19 heavy (non-hydrogen) atoms. The summed E-state index contributed by atoms with van der Waals surface area (Å²) < 4.78 is 7.62. The zero-order valence-electron chi connectivity index (χ0n) is 10.5. The van der Waals surface area contributed by atoms with Gasteiger partial charge in [-0.15, -0.1) is 12.4 Å². The first kappa shape index (κ1) is 13.8. The molecule has 2 aromatic rings. The smallest absolute Gasteiger partial charge is 0.150 e. The van der Waals surface area contributed by atoms with Crippen LogP contribution < -0.4 is 5.73 Å². The van der Waals surface area contributed by atoms with Crippen LogP contribution in [-0.2, 0) is 4.74 Å². The summed E-state index contributed by atoms with van der Waals surface area (Å²) in [4.78, 5) is 0. The zero-order valence-corrected chi connectivity index (χ0v) is 11.3. The molecule has 1 aliphatic heterocycles. The summed E-state index contributed by atoms with van der Waals surface area (Å²) in [6.07, 6.45) is 3.18. The maximum atomic E-state index is 7.61. The summed E-state index contributed by atoms with van der Waals surface area (Å²) in [6.45, 7) is 0.772. The highest BCUT2D eigenvalue weighted by molar-refractivity contribution is 6.05. The average Bonchev–Trinajstić information content (AvgIpc) is 2.79. The number of rotatable bonds is 2. The highest BCUT2D eigenvalue weighted by Gasteiger charge is 2.21. The van der Waals surface area contributed by atoms with Gasteiger partial charge in [-0.1, -0.05) is 18.2 Å². The van der Waals surface area contributed by atoms with E-state index < -0.39 is 0 Å². The average molecular weight is 281 g/mol. The molecule has 102 valence electrons. The molecular weight excluding hydrogens is 264 g/mol. The molecule has 0 radical (unpaired) electrons. The van der Waals surface area contributed by atoms with Crippen molar-refractivity contribution in [2.45, 2.75) is 25.5 Å². The molecule has 1 aliphatic rings. The SMILES string of the molecule is Cl.N=C(N)c1nn(C2CCCCO2)c2ccccc12. The Kier molecular flexibility index (Phi) is 4.07. The van der Waals surface area contributed by atoms with E-state index in [0.717, 1.165) is 36.8 Å². The molecule has 0 aliphatic carbocycles. The Morgan fingerprint density at radius 3 is 2.84 bits per heavy atom. The van der Waals surface area contributed by atoms with E-state index in [-0.39, 0.29) is 24.5 Å². The minimum Gasteiger partial charge on any atom is -0.382 e. The van der Waals surface area contributed by atoms with E-state index in [1.54, 1.807) is 0 Å². The van der Waals surface area contributed by atoms with Crippen molar-refractivity contribution in [2.75, 3.05) is 6.61 Å². The van der Waals surface area contributed by atoms with Crippen LogP contribution in [0.15, 0.2) is 24.3 Å². The number of aromatic nitrogens is 2. The Hall–Kier alpha value is -1.59. The molecule has 3 N–H and O–H groups in total. The van der Waals surface area contributed by atoms with E-state index in [2.05, 4.69) is 5.10 Å². The number of para-hydroxylation sites is 1. The van der Waals surface area contributed by atoms with Crippen molar-refractivity contribution in [3.05, 3.63) is 30.0 Å². The fourth-order valence-corrected chi connectivity index (χ4v) is 2.42. The van der Waals surface area contributed by atoms with E-state index in [1.807, 2.05) is 28.9 Å². The van der Waals surface area contributed by atoms with Crippen molar-refractivity contribution < 1.29 is 4.74 Å². The van der Waals surface area contributed by atoms with Gasteiger partial charge in [-0.2, -0.15) is 5.10 Å². The number of benzene rings is 1. The van der Waals surface area contributed by atoms with Crippen molar-refractivity contribution in [2.24, 2.45) is 5.73 Å². The molecule has 1 fully saturated rings. The number of nitrogens with two attached hydrogens (primary N) is 1. The number of nitrogens with one attached hydrogen (secondary N) is 1. The predicted octanol–water partition coefficient (Wildman–Crippen LogP) is 2.44. The third kappa shape index (κ3) is 2.43. The number of fused-ring (bicyclic) bond motifs is 1. The van der Waals surface area contributed by atoms with Gasteiger partial charge in [0, 0.05) is 12.0 Å².